The van der Waals surface area contributed by atoms with Gasteiger partial charge in [-0.3, -0.25) is 9.78 Å². The fourth-order valence-corrected chi connectivity index (χ4v) is 2.29. The Balaban J connectivity index is 0.00000176. The molecule has 2 N–H and O–H groups in total. The molecule has 0 saturated carbocycles. The van der Waals surface area contributed by atoms with Crippen LogP contribution < -0.4 is 10.6 Å². The fourth-order valence-electron chi connectivity index (χ4n) is 2.29. The Labute approximate surface area is 134 Å². The number of amides is 1. The van der Waals surface area contributed by atoms with Crippen molar-refractivity contribution < 1.29 is 9.32 Å². The molecule has 1 fully saturated rings. The summed E-state index contributed by atoms with van der Waals surface area (Å²) in [5.74, 6) is 1.06. The molecule has 3 rings (SSSR count). The zero-order chi connectivity index (χ0) is 14.5. The lowest BCUT2D eigenvalue weighted by Gasteiger charge is -2.09. The van der Waals surface area contributed by atoms with Gasteiger partial charge in [-0.05, 0) is 31.5 Å². The molecule has 8 heteroatoms. The molecule has 0 radical (unpaired) electrons. The molecule has 0 bridgehead atoms. The molecular weight excluding hydrogens is 306 g/mol. The van der Waals surface area contributed by atoms with Crippen LogP contribution in [0.5, 0.6) is 0 Å². The van der Waals surface area contributed by atoms with Gasteiger partial charge in [-0.25, -0.2) is 0 Å². The summed E-state index contributed by atoms with van der Waals surface area (Å²) in [5.41, 5.74) is 0.812. The number of nitrogens with zero attached hydrogens (tertiary/aromatic N) is 3. The second-order valence-corrected chi connectivity index (χ2v) is 4.94. The summed E-state index contributed by atoms with van der Waals surface area (Å²) in [6.45, 7) is 1.40. The molecule has 3 heterocycles. The first kappa shape index (κ1) is 16.4. The number of rotatable bonds is 5. The van der Waals surface area contributed by atoms with Gasteiger partial charge < -0.3 is 15.2 Å². The van der Waals surface area contributed by atoms with E-state index in [-0.39, 0.29) is 24.4 Å². The van der Waals surface area contributed by atoms with Crippen LogP contribution in [0.25, 0.3) is 11.4 Å². The molecule has 1 unspecified atom stereocenters. The highest BCUT2D eigenvalue weighted by molar-refractivity contribution is 5.85. The number of hydrogen-bond acceptors (Lipinski definition) is 6. The number of pyridine rings is 1. The molecule has 2 aromatic heterocycles. The number of aromatic nitrogens is 3. The maximum atomic E-state index is 11.8. The van der Waals surface area contributed by atoms with Crippen molar-refractivity contribution in [3.63, 3.8) is 0 Å². The normalized spacial score (nSPS) is 17.0. The zero-order valence-electron chi connectivity index (χ0n) is 12.0. The molecule has 1 atom stereocenters. The highest BCUT2D eigenvalue weighted by Crippen LogP contribution is 2.13. The van der Waals surface area contributed by atoms with E-state index in [0.717, 1.165) is 24.9 Å². The van der Waals surface area contributed by atoms with Crippen LogP contribution >= 0.6 is 12.4 Å². The molecule has 118 valence electrons. The van der Waals surface area contributed by atoms with E-state index in [1.54, 1.807) is 12.4 Å². The number of hydrogen-bond donors (Lipinski definition) is 2. The summed E-state index contributed by atoms with van der Waals surface area (Å²) in [5, 5.41) is 9.95. The van der Waals surface area contributed by atoms with Crippen molar-refractivity contribution in [2.24, 2.45) is 0 Å². The topological polar surface area (TPSA) is 92.9 Å². The van der Waals surface area contributed by atoms with Crippen molar-refractivity contribution in [1.29, 1.82) is 0 Å². The number of halogens is 1. The minimum Gasteiger partial charge on any atom is -0.354 e. The van der Waals surface area contributed by atoms with E-state index in [4.69, 9.17) is 4.52 Å². The van der Waals surface area contributed by atoms with Crippen molar-refractivity contribution in [3.05, 3.63) is 30.4 Å². The van der Waals surface area contributed by atoms with Crippen LogP contribution in [-0.4, -0.2) is 40.2 Å². The van der Waals surface area contributed by atoms with Gasteiger partial charge in [0.2, 0.25) is 17.6 Å². The van der Waals surface area contributed by atoms with Gasteiger partial charge in [0.05, 0.1) is 6.04 Å². The Morgan fingerprint density at radius 3 is 3.14 bits per heavy atom. The van der Waals surface area contributed by atoms with Crippen LogP contribution in [0.15, 0.2) is 29.0 Å². The van der Waals surface area contributed by atoms with Crippen molar-refractivity contribution >= 4 is 18.3 Å². The number of nitrogens with one attached hydrogen (secondary N) is 2. The quantitative estimate of drug-likeness (QED) is 0.851. The Bertz CT molecular complexity index is 598. The molecule has 22 heavy (non-hydrogen) atoms. The molecular formula is C14H18ClN5O2. The Morgan fingerprint density at radius 1 is 1.50 bits per heavy atom. The first-order valence-electron chi connectivity index (χ1n) is 7.07. The summed E-state index contributed by atoms with van der Waals surface area (Å²) < 4.78 is 5.17. The van der Waals surface area contributed by atoms with Gasteiger partial charge in [0, 0.05) is 30.9 Å². The van der Waals surface area contributed by atoms with E-state index in [9.17, 15) is 4.79 Å². The standard InChI is InChI=1S/C14H17N5O2.ClH/c20-14(11-4-2-7-16-11)17-8-5-12-18-13(19-21-12)10-3-1-6-15-9-10;/h1,3,6,9,11,16H,2,4-5,7-8H2,(H,17,20);1H. The Morgan fingerprint density at radius 2 is 2.41 bits per heavy atom. The number of carbonyl (C=O) groups is 1. The van der Waals surface area contributed by atoms with Crippen LogP contribution in [0.2, 0.25) is 0 Å². The van der Waals surface area contributed by atoms with E-state index >= 15 is 0 Å². The highest BCUT2D eigenvalue weighted by atomic mass is 35.5. The van der Waals surface area contributed by atoms with Gasteiger partial charge in [0.15, 0.2) is 0 Å². The summed E-state index contributed by atoms with van der Waals surface area (Å²) in [4.78, 5) is 20.1. The van der Waals surface area contributed by atoms with E-state index in [2.05, 4.69) is 25.8 Å². The van der Waals surface area contributed by atoms with Gasteiger partial charge in [-0.2, -0.15) is 4.98 Å². The highest BCUT2D eigenvalue weighted by Gasteiger charge is 2.21. The summed E-state index contributed by atoms with van der Waals surface area (Å²) in [6, 6.07) is 3.63. The molecule has 2 aromatic rings. The van der Waals surface area contributed by atoms with E-state index in [1.165, 1.54) is 0 Å². The monoisotopic (exact) mass is 323 g/mol. The van der Waals surface area contributed by atoms with Crippen LogP contribution in [0, 0.1) is 0 Å². The predicted octanol–water partition coefficient (Wildman–Crippen LogP) is 0.964. The molecule has 0 spiro atoms. The largest absolute Gasteiger partial charge is 0.354 e. The molecule has 1 aliphatic rings. The van der Waals surface area contributed by atoms with Gasteiger partial charge >= 0.3 is 0 Å². The average Bonchev–Trinajstić information content (AvgIpc) is 3.20. The van der Waals surface area contributed by atoms with Gasteiger partial charge in [0.25, 0.3) is 0 Å². The lowest BCUT2D eigenvalue weighted by molar-refractivity contribution is -0.122. The van der Waals surface area contributed by atoms with Crippen LogP contribution in [0.3, 0.4) is 0 Å². The summed E-state index contributed by atoms with van der Waals surface area (Å²) in [7, 11) is 0. The van der Waals surface area contributed by atoms with Crippen molar-refractivity contribution in [2.75, 3.05) is 13.1 Å². The third-order valence-corrected chi connectivity index (χ3v) is 3.40. The summed E-state index contributed by atoms with van der Waals surface area (Å²) >= 11 is 0. The lowest BCUT2D eigenvalue weighted by atomic mass is 10.2. The van der Waals surface area contributed by atoms with E-state index in [0.29, 0.717) is 24.7 Å². The van der Waals surface area contributed by atoms with Gasteiger partial charge in [-0.1, -0.05) is 5.16 Å². The second-order valence-electron chi connectivity index (χ2n) is 4.94. The molecule has 1 aliphatic heterocycles. The molecule has 7 nitrogen and oxygen atoms in total. The lowest BCUT2D eigenvalue weighted by Crippen LogP contribution is -2.41. The molecule has 0 aliphatic carbocycles. The maximum absolute atomic E-state index is 11.8. The first-order valence-corrected chi connectivity index (χ1v) is 7.07. The minimum atomic E-state index is -0.0568. The van der Waals surface area contributed by atoms with Crippen molar-refractivity contribution in [3.8, 4) is 11.4 Å². The molecule has 1 saturated heterocycles. The van der Waals surface area contributed by atoms with Gasteiger partial charge in [0.1, 0.15) is 0 Å². The minimum absolute atomic E-state index is 0. The van der Waals surface area contributed by atoms with Crippen LogP contribution in [0.1, 0.15) is 18.7 Å². The Hall–Kier alpha value is -1.99. The first-order chi connectivity index (χ1) is 10.3. The number of carbonyl (C=O) groups excluding carboxylic acids is 1. The molecule has 1 amide bonds. The maximum Gasteiger partial charge on any atom is 0.237 e. The smallest absolute Gasteiger partial charge is 0.237 e. The summed E-state index contributed by atoms with van der Waals surface area (Å²) in [6.07, 6.45) is 5.85. The third-order valence-electron chi connectivity index (χ3n) is 3.40. The van der Waals surface area contributed by atoms with Crippen molar-refractivity contribution in [2.45, 2.75) is 25.3 Å². The zero-order valence-corrected chi connectivity index (χ0v) is 12.8. The average molecular weight is 324 g/mol. The second kappa shape index (κ2) is 7.86. The Kier molecular flexibility index (Phi) is 5.85. The van der Waals surface area contributed by atoms with Gasteiger partial charge in [-0.15, -0.1) is 12.4 Å². The third kappa shape index (κ3) is 4.02. The fraction of sp³-hybridized carbons (Fsp3) is 0.429. The van der Waals surface area contributed by atoms with E-state index < -0.39 is 0 Å². The van der Waals surface area contributed by atoms with Crippen LogP contribution in [-0.2, 0) is 11.2 Å². The predicted molar refractivity (Wildman–Crippen MR) is 82.5 cm³/mol. The SMILES string of the molecule is Cl.O=C(NCCc1nc(-c2cccnc2)no1)C1CCCN1. The van der Waals surface area contributed by atoms with Crippen LogP contribution in [0.4, 0.5) is 0 Å². The molecule has 0 aromatic carbocycles. The van der Waals surface area contributed by atoms with E-state index in [1.807, 2.05) is 12.1 Å². The van der Waals surface area contributed by atoms with Crippen molar-refractivity contribution in [1.82, 2.24) is 25.8 Å².